The van der Waals surface area contributed by atoms with E-state index in [0.29, 0.717) is 5.69 Å². The maximum Gasteiger partial charge on any atom is 0.158 e. The van der Waals surface area contributed by atoms with Crippen molar-refractivity contribution in [1.82, 2.24) is 14.6 Å². The lowest BCUT2D eigenvalue weighted by molar-refractivity contribution is 0.924. The molecule has 4 heteroatoms. The number of hydrogen-bond acceptors (Lipinski definition) is 3. The zero-order valence-electron chi connectivity index (χ0n) is 7.57. The van der Waals surface area contributed by atoms with E-state index in [1.54, 1.807) is 16.9 Å². The van der Waals surface area contributed by atoms with Crippen LogP contribution in [0.5, 0.6) is 0 Å². The van der Waals surface area contributed by atoms with Gasteiger partial charge in [-0.3, -0.25) is 0 Å². The summed E-state index contributed by atoms with van der Waals surface area (Å²) in [5.41, 5.74) is 8.32. The SMILES string of the molecule is CCCc1cnn2cc(N)cnc12. The predicted octanol–water partition coefficient (Wildman–Crippen LogP) is 1.26. The summed E-state index contributed by atoms with van der Waals surface area (Å²) < 4.78 is 1.72. The van der Waals surface area contributed by atoms with Crippen LogP contribution in [0.2, 0.25) is 0 Å². The summed E-state index contributed by atoms with van der Waals surface area (Å²) in [5.74, 6) is 0. The van der Waals surface area contributed by atoms with Crippen molar-refractivity contribution >= 4 is 11.3 Å². The minimum Gasteiger partial charge on any atom is -0.396 e. The molecule has 0 amide bonds. The number of nitrogen functional groups attached to an aromatic ring is 1. The number of nitrogens with zero attached hydrogens (tertiary/aromatic N) is 3. The molecule has 13 heavy (non-hydrogen) atoms. The van der Waals surface area contributed by atoms with Crippen molar-refractivity contribution in [1.29, 1.82) is 0 Å². The van der Waals surface area contributed by atoms with Gasteiger partial charge in [-0.1, -0.05) is 13.3 Å². The fourth-order valence-electron chi connectivity index (χ4n) is 1.38. The number of fused-ring (bicyclic) bond motifs is 1. The molecule has 0 bridgehead atoms. The molecule has 2 aromatic heterocycles. The van der Waals surface area contributed by atoms with E-state index in [-0.39, 0.29) is 0 Å². The zero-order valence-corrected chi connectivity index (χ0v) is 7.57. The van der Waals surface area contributed by atoms with E-state index in [4.69, 9.17) is 5.73 Å². The van der Waals surface area contributed by atoms with Gasteiger partial charge in [-0.25, -0.2) is 9.50 Å². The van der Waals surface area contributed by atoms with Crippen LogP contribution >= 0.6 is 0 Å². The van der Waals surface area contributed by atoms with Gasteiger partial charge in [0.2, 0.25) is 0 Å². The van der Waals surface area contributed by atoms with E-state index in [1.165, 1.54) is 5.56 Å². The van der Waals surface area contributed by atoms with E-state index in [0.717, 1.165) is 18.5 Å². The van der Waals surface area contributed by atoms with Gasteiger partial charge in [-0.05, 0) is 6.42 Å². The first-order valence-corrected chi connectivity index (χ1v) is 4.39. The number of hydrogen-bond donors (Lipinski definition) is 1. The highest BCUT2D eigenvalue weighted by Crippen LogP contribution is 2.11. The van der Waals surface area contributed by atoms with Crippen LogP contribution in [0.25, 0.3) is 5.65 Å². The zero-order chi connectivity index (χ0) is 9.26. The van der Waals surface area contributed by atoms with Crippen molar-refractivity contribution in [2.75, 3.05) is 5.73 Å². The Hall–Kier alpha value is -1.58. The third kappa shape index (κ3) is 1.35. The van der Waals surface area contributed by atoms with E-state index in [9.17, 15) is 0 Å². The Balaban J connectivity index is 2.55. The molecule has 0 aromatic carbocycles. The molecule has 68 valence electrons. The molecule has 0 saturated heterocycles. The molecular weight excluding hydrogens is 164 g/mol. The van der Waals surface area contributed by atoms with Gasteiger partial charge >= 0.3 is 0 Å². The standard InChI is InChI=1S/C9H12N4/c1-2-3-7-4-12-13-6-8(10)5-11-9(7)13/h4-6H,2-3,10H2,1H3. The summed E-state index contributed by atoms with van der Waals surface area (Å²) in [6, 6.07) is 0. The Morgan fingerprint density at radius 1 is 1.46 bits per heavy atom. The third-order valence-corrected chi connectivity index (χ3v) is 1.97. The van der Waals surface area contributed by atoms with Crippen molar-refractivity contribution in [2.24, 2.45) is 0 Å². The smallest absolute Gasteiger partial charge is 0.158 e. The van der Waals surface area contributed by atoms with Gasteiger partial charge in [-0.2, -0.15) is 5.10 Å². The van der Waals surface area contributed by atoms with Crippen LogP contribution in [0.4, 0.5) is 5.69 Å². The number of rotatable bonds is 2. The van der Waals surface area contributed by atoms with Crippen LogP contribution in [0.1, 0.15) is 18.9 Å². The summed E-state index contributed by atoms with van der Waals surface area (Å²) in [7, 11) is 0. The number of aryl methyl sites for hydroxylation is 1. The highest BCUT2D eigenvalue weighted by atomic mass is 15.2. The predicted molar refractivity (Wildman–Crippen MR) is 51.4 cm³/mol. The van der Waals surface area contributed by atoms with Crippen LogP contribution in [0.3, 0.4) is 0 Å². The van der Waals surface area contributed by atoms with Gasteiger partial charge < -0.3 is 5.73 Å². The molecule has 0 aliphatic heterocycles. The topological polar surface area (TPSA) is 56.2 Å². The Morgan fingerprint density at radius 2 is 2.31 bits per heavy atom. The summed E-state index contributed by atoms with van der Waals surface area (Å²) in [6.07, 6.45) is 7.41. The summed E-state index contributed by atoms with van der Waals surface area (Å²) >= 11 is 0. The fourth-order valence-corrected chi connectivity index (χ4v) is 1.38. The maximum absolute atomic E-state index is 5.58. The lowest BCUT2D eigenvalue weighted by Crippen LogP contribution is -1.95. The Morgan fingerprint density at radius 3 is 3.08 bits per heavy atom. The second-order valence-electron chi connectivity index (χ2n) is 3.08. The van der Waals surface area contributed by atoms with E-state index >= 15 is 0 Å². The second-order valence-corrected chi connectivity index (χ2v) is 3.08. The minimum absolute atomic E-state index is 0.638. The summed E-state index contributed by atoms with van der Waals surface area (Å²) in [6.45, 7) is 2.14. The Bertz CT molecular complexity index is 418. The van der Waals surface area contributed by atoms with Crippen molar-refractivity contribution in [3.05, 3.63) is 24.2 Å². The van der Waals surface area contributed by atoms with E-state index < -0.39 is 0 Å². The van der Waals surface area contributed by atoms with Crippen molar-refractivity contribution in [3.8, 4) is 0 Å². The van der Waals surface area contributed by atoms with Crippen LogP contribution in [-0.4, -0.2) is 14.6 Å². The monoisotopic (exact) mass is 176 g/mol. The van der Waals surface area contributed by atoms with Gasteiger partial charge in [0.05, 0.1) is 24.3 Å². The lowest BCUT2D eigenvalue weighted by Gasteiger charge is -1.96. The van der Waals surface area contributed by atoms with Crippen molar-refractivity contribution in [2.45, 2.75) is 19.8 Å². The first-order valence-electron chi connectivity index (χ1n) is 4.39. The molecule has 0 aliphatic carbocycles. The first-order chi connectivity index (χ1) is 6.31. The van der Waals surface area contributed by atoms with E-state index in [2.05, 4.69) is 17.0 Å². The fraction of sp³-hybridized carbons (Fsp3) is 0.333. The first kappa shape index (κ1) is 8.04. The molecule has 2 heterocycles. The van der Waals surface area contributed by atoms with Crippen LogP contribution in [0.15, 0.2) is 18.6 Å². The minimum atomic E-state index is 0.638. The molecule has 4 nitrogen and oxygen atoms in total. The van der Waals surface area contributed by atoms with Crippen LogP contribution in [0, 0.1) is 0 Å². The molecule has 0 spiro atoms. The molecule has 0 radical (unpaired) electrons. The second kappa shape index (κ2) is 3.05. The third-order valence-electron chi connectivity index (χ3n) is 1.97. The highest BCUT2D eigenvalue weighted by molar-refractivity contribution is 5.49. The molecule has 0 aliphatic rings. The molecule has 0 fully saturated rings. The quantitative estimate of drug-likeness (QED) is 0.749. The normalized spacial score (nSPS) is 10.8. The molecular formula is C9H12N4. The van der Waals surface area contributed by atoms with Crippen LogP contribution in [-0.2, 0) is 6.42 Å². The summed E-state index contributed by atoms with van der Waals surface area (Å²) in [4.78, 5) is 4.23. The lowest BCUT2D eigenvalue weighted by atomic mass is 10.2. The highest BCUT2D eigenvalue weighted by Gasteiger charge is 2.03. The van der Waals surface area contributed by atoms with Gasteiger partial charge in [0.25, 0.3) is 0 Å². The number of aromatic nitrogens is 3. The molecule has 2 aromatic rings. The molecule has 2 N–H and O–H groups in total. The Labute approximate surface area is 76.4 Å². The average Bonchev–Trinajstić information content (AvgIpc) is 2.49. The molecule has 0 atom stereocenters. The van der Waals surface area contributed by atoms with Crippen molar-refractivity contribution < 1.29 is 0 Å². The van der Waals surface area contributed by atoms with E-state index in [1.807, 2.05) is 6.20 Å². The van der Waals surface area contributed by atoms with Crippen molar-refractivity contribution in [3.63, 3.8) is 0 Å². The molecule has 0 saturated carbocycles. The maximum atomic E-state index is 5.58. The number of anilines is 1. The average molecular weight is 176 g/mol. The molecule has 2 rings (SSSR count). The Kier molecular flexibility index (Phi) is 1.88. The largest absolute Gasteiger partial charge is 0.396 e. The molecule has 0 unspecified atom stereocenters. The summed E-state index contributed by atoms with van der Waals surface area (Å²) in [5, 5.41) is 4.17. The van der Waals surface area contributed by atoms with Gasteiger partial charge in [0, 0.05) is 5.56 Å². The van der Waals surface area contributed by atoms with Gasteiger partial charge in [0.15, 0.2) is 5.65 Å². The van der Waals surface area contributed by atoms with Gasteiger partial charge in [-0.15, -0.1) is 0 Å². The number of nitrogens with two attached hydrogens (primary N) is 1. The van der Waals surface area contributed by atoms with Gasteiger partial charge in [0.1, 0.15) is 0 Å². The van der Waals surface area contributed by atoms with Crippen LogP contribution < -0.4 is 5.73 Å².